The lowest BCUT2D eigenvalue weighted by atomic mass is 10.1. The second-order valence-corrected chi connectivity index (χ2v) is 9.33. The van der Waals surface area contributed by atoms with Gasteiger partial charge in [-0.2, -0.15) is 10.1 Å². The number of aryl methyl sites for hydroxylation is 1. The topological polar surface area (TPSA) is 108 Å². The van der Waals surface area contributed by atoms with Crippen molar-refractivity contribution >= 4 is 40.4 Å². The molecule has 1 unspecified atom stereocenters. The fourth-order valence-electron chi connectivity index (χ4n) is 3.72. The van der Waals surface area contributed by atoms with E-state index in [4.69, 9.17) is 4.98 Å². The molecule has 1 aliphatic rings. The van der Waals surface area contributed by atoms with E-state index in [-0.39, 0.29) is 0 Å². The Bertz CT molecular complexity index is 1390. The predicted molar refractivity (Wildman–Crippen MR) is 136 cm³/mol. The van der Waals surface area contributed by atoms with Crippen molar-refractivity contribution in [3.05, 3.63) is 58.9 Å². The molecule has 1 aliphatic heterocycles. The second-order valence-electron chi connectivity index (χ2n) is 8.43. The zero-order valence-corrected chi connectivity index (χ0v) is 20.5. The number of thiazole rings is 1. The Morgan fingerprint density at radius 3 is 2.77 bits per heavy atom. The van der Waals surface area contributed by atoms with Crippen LogP contribution in [-0.2, 0) is 12.1 Å². The van der Waals surface area contributed by atoms with Crippen LogP contribution in [-0.4, -0.2) is 55.5 Å². The van der Waals surface area contributed by atoms with E-state index in [1.807, 2.05) is 53.3 Å². The van der Waals surface area contributed by atoms with Crippen molar-refractivity contribution in [1.29, 1.82) is 0 Å². The number of hydrogen-bond donors (Lipinski definition) is 2. The Kier molecular flexibility index (Phi) is 6.07. The Balaban J connectivity index is 1.39. The molecule has 0 saturated carbocycles. The van der Waals surface area contributed by atoms with Gasteiger partial charge in [0, 0.05) is 69.0 Å². The molecular formula is C24H25N9OS. The number of hydrogen-bond acceptors (Lipinski definition) is 10. The highest BCUT2D eigenvalue weighted by molar-refractivity contribution is 7.09. The van der Waals surface area contributed by atoms with Gasteiger partial charge in [-0.1, -0.05) is 5.92 Å². The molecule has 4 aromatic rings. The van der Waals surface area contributed by atoms with Crippen LogP contribution in [0.2, 0.25) is 0 Å². The average Bonchev–Trinajstić information content (AvgIpc) is 3.54. The van der Waals surface area contributed by atoms with E-state index in [1.54, 1.807) is 25.5 Å². The van der Waals surface area contributed by atoms with Gasteiger partial charge in [0.2, 0.25) is 5.95 Å². The zero-order chi connectivity index (χ0) is 24.4. The smallest absolute Gasteiger partial charge is 0.230 e. The van der Waals surface area contributed by atoms with Gasteiger partial charge in [0.05, 0.1) is 0 Å². The maximum absolute atomic E-state index is 10.7. The lowest BCUT2D eigenvalue weighted by molar-refractivity contribution is 0.122. The Morgan fingerprint density at radius 2 is 1.97 bits per heavy atom. The summed E-state index contributed by atoms with van der Waals surface area (Å²) in [5.74, 6) is 8.69. The molecule has 0 saturated heterocycles. The molecule has 35 heavy (non-hydrogen) atoms. The largest absolute Gasteiger partial charge is 0.378 e. The van der Waals surface area contributed by atoms with Crippen LogP contribution in [0, 0.1) is 11.8 Å². The molecule has 5 rings (SSSR count). The highest BCUT2D eigenvalue weighted by Gasteiger charge is 2.24. The summed E-state index contributed by atoms with van der Waals surface area (Å²) in [6, 6.07) is 7.67. The van der Waals surface area contributed by atoms with Gasteiger partial charge < -0.3 is 20.2 Å². The van der Waals surface area contributed by atoms with Gasteiger partial charge in [0.1, 0.15) is 28.2 Å². The molecule has 10 nitrogen and oxygen atoms in total. The maximum Gasteiger partial charge on any atom is 0.230 e. The first-order valence-corrected chi connectivity index (χ1v) is 12.0. The van der Waals surface area contributed by atoms with Crippen molar-refractivity contribution in [2.24, 2.45) is 0 Å². The SMILES string of the molecule is CN(C)c1ccnc(Nc2nccc(N3CCCn4nc(C#CC(C)(O)c5nccs5)cc43)n2)c1. The molecule has 2 N–H and O–H groups in total. The van der Waals surface area contributed by atoms with Gasteiger partial charge in [0.15, 0.2) is 5.60 Å². The number of aliphatic hydroxyl groups is 1. The highest BCUT2D eigenvalue weighted by atomic mass is 32.1. The lowest BCUT2D eigenvalue weighted by Gasteiger charge is -2.28. The molecule has 0 amide bonds. The Morgan fingerprint density at radius 1 is 1.11 bits per heavy atom. The summed E-state index contributed by atoms with van der Waals surface area (Å²) in [6.45, 7) is 3.22. The van der Waals surface area contributed by atoms with Gasteiger partial charge in [-0.3, -0.25) is 0 Å². The van der Waals surface area contributed by atoms with Crippen LogP contribution in [0.15, 0.2) is 48.2 Å². The van der Waals surface area contributed by atoms with Crippen LogP contribution in [0.25, 0.3) is 0 Å². The molecule has 0 aromatic carbocycles. The fraction of sp³-hybridized carbons (Fsp3) is 0.292. The van der Waals surface area contributed by atoms with Crippen LogP contribution in [0.3, 0.4) is 0 Å². The fourth-order valence-corrected chi connectivity index (χ4v) is 4.37. The number of fused-ring (bicyclic) bond motifs is 1. The summed E-state index contributed by atoms with van der Waals surface area (Å²) in [6.07, 6.45) is 6.04. The minimum absolute atomic E-state index is 0.460. The summed E-state index contributed by atoms with van der Waals surface area (Å²) in [4.78, 5) is 21.7. The predicted octanol–water partition coefficient (Wildman–Crippen LogP) is 3.14. The van der Waals surface area contributed by atoms with Gasteiger partial charge >= 0.3 is 0 Å². The number of aromatic nitrogens is 6. The van der Waals surface area contributed by atoms with E-state index < -0.39 is 5.60 Å². The number of rotatable bonds is 5. The quantitative estimate of drug-likeness (QED) is 0.411. The third kappa shape index (κ3) is 4.94. The number of pyridine rings is 1. The highest BCUT2D eigenvalue weighted by Crippen LogP contribution is 2.29. The summed E-state index contributed by atoms with van der Waals surface area (Å²) in [7, 11) is 3.96. The third-order valence-corrected chi connectivity index (χ3v) is 6.47. The van der Waals surface area contributed by atoms with Gasteiger partial charge in [-0.05, 0) is 31.4 Å². The van der Waals surface area contributed by atoms with Crippen LogP contribution in [0.4, 0.5) is 29.1 Å². The molecule has 0 spiro atoms. The minimum Gasteiger partial charge on any atom is -0.378 e. The van der Waals surface area contributed by atoms with E-state index in [1.165, 1.54) is 11.3 Å². The molecule has 0 bridgehead atoms. The van der Waals surface area contributed by atoms with Crippen LogP contribution >= 0.6 is 11.3 Å². The van der Waals surface area contributed by atoms with Gasteiger partial charge in [-0.25, -0.2) is 19.6 Å². The van der Waals surface area contributed by atoms with Crippen LogP contribution in [0.5, 0.6) is 0 Å². The normalized spacial score (nSPS) is 14.5. The van der Waals surface area contributed by atoms with Crippen molar-refractivity contribution in [3.63, 3.8) is 0 Å². The van der Waals surface area contributed by atoms with E-state index in [0.29, 0.717) is 22.5 Å². The monoisotopic (exact) mass is 487 g/mol. The number of nitrogens with one attached hydrogen (secondary N) is 1. The second kappa shape index (κ2) is 9.32. The molecule has 1 atom stereocenters. The van der Waals surface area contributed by atoms with Crippen molar-refractivity contribution < 1.29 is 5.11 Å². The van der Waals surface area contributed by atoms with Crippen molar-refractivity contribution in [3.8, 4) is 11.8 Å². The first-order valence-electron chi connectivity index (χ1n) is 11.1. The zero-order valence-electron chi connectivity index (χ0n) is 19.7. The van der Waals surface area contributed by atoms with E-state index >= 15 is 0 Å². The first-order chi connectivity index (χ1) is 16.9. The van der Waals surface area contributed by atoms with E-state index in [9.17, 15) is 5.11 Å². The van der Waals surface area contributed by atoms with Crippen molar-refractivity contribution in [2.45, 2.75) is 25.5 Å². The molecule has 0 fully saturated rings. The first kappa shape index (κ1) is 22.8. The maximum atomic E-state index is 10.7. The number of nitrogens with zero attached hydrogens (tertiary/aromatic N) is 8. The standard InChI is InChI=1S/C24H25N9OS/c1-24(34,22-26-11-14-35-22)8-5-17-15-21-32(12-4-13-33(21)30-17)20-7-10-27-23(29-20)28-19-16-18(31(2)3)6-9-25-19/h6-7,9-11,14-16,34H,4,12-13H2,1-3H3,(H,25,27,28,29). The minimum atomic E-state index is -1.33. The van der Waals surface area contributed by atoms with Crippen LogP contribution < -0.4 is 15.1 Å². The summed E-state index contributed by atoms with van der Waals surface area (Å²) < 4.78 is 1.92. The number of anilines is 5. The lowest BCUT2D eigenvalue weighted by Crippen LogP contribution is -2.28. The molecule has 178 valence electrons. The van der Waals surface area contributed by atoms with Crippen molar-refractivity contribution in [2.75, 3.05) is 35.8 Å². The van der Waals surface area contributed by atoms with E-state index in [0.717, 1.165) is 36.8 Å². The summed E-state index contributed by atoms with van der Waals surface area (Å²) in [5.41, 5.74) is 0.283. The molecule has 0 aliphatic carbocycles. The van der Waals surface area contributed by atoms with Crippen LogP contribution in [0.1, 0.15) is 24.0 Å². The van der Waals surface area contributed by atoms with E-state index in [2.05, 4.69) is 42.1 Å². The van der Waals surface area contributed by atoms with Gasteiger partial charge in [0.25, 0.3) is 0 Å². The molecule has 5 heterocycles. The molecular weight excluding hydrogens is 462 g/mol. The van der Waals surface area contributed by atoms with Crippen molar-refractivity contribution in [1.82, 2.24) is 29.7 Å². The summed E-state index contributed by atoms with van der Waals surface area (Å²) in [5, 5.41) is 20.9. The molecule has 4 aromatic heterocycles. The Labute approximate surface area is 207 Å². The average molecular weight is 488 g/mol. The van der Waals surface area contributed by atoms with Gasteiger partial charge in [-0.15, -0.1) is 11.3 Å². The molecule has 0 radical (unpaired) electrons. The summed E-state index contributed by atoms with van der Waals surface area (Å²) >= 11 is 1.37. The molecule has 11 heteroatoms. The third-order valence-electron chi connectivity index (χ3n) is 5.49. The Hall–Kier alpha value is -4.01.